The molecule has 2 N–H and O–H groups in total. The fourth-order valence-electron chi connectivity index (χ4n) is 1.85. The number of hydrazine groups is 1. The second-order valence-corrected chi connectivity index (χ2v) is 5.40. The van der Waals surface area contributed by atoms with Crippen LogP contribution in [0.5, 0.6) is 5.75 Å². The van der Waals surface area contributed by atoms with Crippen molar-refractivity contribution in [1.29, 1.82) is 0 Å². The number of hydrogen-bond donors (Lipinski definition) is 2. The SMILES string of the molecule is CC(Oc1cccc(Cl)c1)C(=O)NNC(=O)c1cccc([N+](=O)[O-])c1. The van der Waals surface area contributed by atoms with Crippen molar-refractivity contribution in [3.63, 3.8) is 0 Å². The van der Waals surface area contributed by atoms with Gasteiger partial charge in [0.2, 0.25) is 0 Å². The highest BCUT2D eigenvalue weighted by molar-refractivity contribution is 6.30. The summed E-state index contributed by atoms with van der Waals surface area (Å²) in [6, 6.07) is 11.7. The van der Waals surface area contributed by atoms with Crippen LogP contribution in [0.25, 0.3) is 0 Å². The first-order chi connectivity index (χ1) is 11.9. The predicted octanol–water partition coefficient (Wildman–Crippen LogP) is 2.48. The number of amides is 2. The summed E-state index contributed by atoms with van der Waals surface area (Å²) in [5.41, 5.74) is 4.19. The van der Waals surface area contributed by atoms with Gasteiger partial charge in [0.15, 0.2) is 6.10 Å². The summed E-state index contributed by atoms with van der Waals surface area (Å²) in [6.07, 6.45) is -0.899. The topological polar surface area (TPSA) is 111 Å². The molecule has 0 aromatic heterocycles. The number of nitrogens with one attached hydrogen (secondary N) is 2. The van der Waals surface area contributed by atoms with Crippen molar-refractivity contribution in [2.75, 3.05) is 0 Å². The van der Waals surface area contributed by atoms with Crippen molar-refractivity contribution in [3.8, 4) is 5.75 Å². The minimum Gasteiger partial charge on any atom is -0.481 e. The molecule has 0 aliphatic heterocycles. The number of carbonyl (C=O) groups excluding carboxylic acids is 2. The largest absolute Gasteiger partial charge is 0.481 e. The van der Waals surface area contributed by atoms with Gasteiger partial charge in [-0.1, -0.05) is 23.7 Å². The smallest absolute Gasteiger partial charge is 0.279 e. The number of non-ortho nitro benzene ring substituents is 1. The van der Waals surface area contributed by atoms with Gasteiger partial charge in [-0.3, -0.25) is 30.6 Å². The molecule has 2 rings (SSSR count). The third-order valence-corrected chi connectivity index (χ3v) is 3.33. The average molecular weight is 364 g/mol. The number of carbonyl (C=O) groups is 2. The van der Waals surface area contributed by atoms with Gasteiger partial charge in [-0.25, -0.2) is 0 Å². The molecule has 0 saturated heterocycles. The van der Waals surface area contributed by atoms with Crippen LogP contribution in [0.2, 0.25) is 5.02 Å². The second kappa shape index (κ2) is 8.11. The van der Waals surface area contributed by atoms with E-state index < -0.39 is 22.8 Å². The molecular weight excluding hydrogens is 350 g/mol. The first-order valence-corrected chi connectivity index (χ1v) is 7.51. The van der Waals surface area contributed by atoms with E-state index in [1.54, 1.807) is 24.3 Å². The Bertz CT molecular complexity index is 812. The van der Waals surface area contributed by atoms with Crippen LogP contribution in [0.4, 0.5) is 5.69 Å². The van der Waals surface area contributed by atoms with E-state index in [1.165, 1.54) is 25.1 Å². The lowest BCUT2D eigenvalue weighted by molar-refractivity contribution is -0.384. The Morgan fingerprint density at radius 3 is 2.56 bits per heavy atom. The van der Waals surface area contributed by atoms with Crippen LogP contribution in [0.1, 0.15) is 17.3 Å². The van der Waals surface area contributed by atoms with Crippen LogP contribution in [0.15, 0.2) is 48.5 Å². The standard InChI is InChI=1S/C16H14ClN3O5/c1-10(25-14-7-3-5-12(17)9-14)15(21)18-19-16(22)11-4-2-6-13(8-11)20(23)24/h2-10H,1H3,(H,18,21)(H,19,22). The Kier molecular flexibility index (Phi) is 5.91. The summed E-state index contributed by atoms with van der Waals surface area (Å²) in [5, 5.41) is 11.2. The van der Waals surface area contributed by atoms with E-state index in [4.69, 9.17) is 16.3 Å². The Morgan fingerprint density at radius 1 is 1.16 bits per heavy atom. The lowest BCUT2D eigenvalue weighted by Gasteiger charge is -2.15. The number of benzene rings is 2. The van der Waals surface area contributed by atoms with Gasteiger partial charge in [0.1, 0.15) is 5.75 Å². The van der Waals surface area contributed by atoms with E-state index in [0.717, 1.165) is 6.07 Å². The lowest BCUT2D eigenvalue weighted by Crippen LogP contribution is -2.47. The van der Waals surface area contributed by atoms with E-state index >= 15 is 0 Å². The average Bonchev–Trinajstić information content (AvgIpc) is 2.59. The maximum Gasteiger partial charge on any atom is 0.279 e. The summed E-state index contributed by atoms with van der Waals surface area (Å²) in [4.78, 5) is 34.0. The molecule has 0 saturated carbocycles. The van der Waals surface area contributed by atoms with Gasteiger partial charge in [0.25, 0.3) is 17.5 Å². The molecule has 2 aromatic carbocycles. The van der Waals surface area contributed by atoms with Crippen LogP contribution < -0.4 is 15.6 Å². The minimum absolute atomic E-state index is 0.0397. The molecule has 2 aromatic rings. The maximum absolute atomic E-state index is 12.0. The van der Waals surface area contributed by atoms with E-state index in [9.17, 15) is 19.7 Å². The molecule has 130 valence electrons. The fraction of sp³-hybridized carbons (Fsp3) is 0.125. The molecule has 1 atom stereocenters. The Hall–Kier alpha value is -3.13. The molecule has 2 amide bonds. The van der Waals surface area contributed by atoms with Crippen molar-refractivity contribution in [1.82, 2.24) is 10.9 Å². The Balaban J connectivity index is 1.91. The summed E-state index contributed by atoms with van der Waals surface area (Å²) >= 11 is 5.83. The predicted molar refractivity (Wildman–Crippen MR) is 90.2 cm³/mol. The second-order valence-electron chi connectivity index (χ2n) is 4.97. The molecule has 0 bridgehead atoms. The number of nitrogens with zero attached hydrogens (tertiary/aromatic N) is 1. The third kappa shape index (κ3) is 5.18. The van der Waals surface area contributed by atoms with Gasteiger partial charge in [-0.05, 0) is 31.2 Å². The molecule has 0 heterocycles. The fourth-order valence-corrected chi connectivity index (χ4v) is 2.03. The summed E-state index contributed by atoms with van der Waals surface area (Å²) < 4.78 is 5.41. The Labute approximate surface area is 147 Å². The van der Waals surface area contributed by atoms with Crippen LogP contribution in [0.3, 0.4) is 0 Å². The van der Waals surface area contributed by atoms with Crippen molar-refractivity contribution in [3.05, 3.63) is 69.2 Å². The highest BCUT2D eigenvalue weighted by Gasteiger charge is 2.17. The van der Waals surface area contributed by atoms with Crippen molar-refractivity contribution >= 4 is 29.1 Å². The van der Waals surface area contributed by atoms with Crippen molar-refractivity contribution in [2.45, 2.75) is 13.0 Å². The van der Waals surface area contributed by atoms with Crippen LogP contribution in [-0.2, 0) is 4.79 Å². The van der Waals surface area contributed by atoms with Crippen molar-refractivity contribution < 1.29 is 19.2 Å². The molecular formula is C16H14ClN3O5. The molecule has 0 radical (unpaired) electrons. The van der Waals surface area contributed by atoms with E-state index in [1.807, 2.05) is 0 Å². The lowest BCUT2D eigenvalue weighted by atomic mass is 10.2. The van der Waals surface area contributed by atoms with E-state index in [-0.39, 0.29) is 11.3 Å². The first-order valence-electron chi connectivity index (χ1n) is 7.13. The van der Waals surface area contributed by atoms with Crippen LogP contribution in [-0.4, -0.2) is 22.8 Å². The summed E-state index contributed by atoms with van der Waals surface area (Å²) in [7, 11) is 0. The van der Waals surface area contributed by atoms with Gasteiger partial charge in [-0.15, -0.1) is 0 Å². The number of halogens is 1. The summed E-state index contributed by atoms with van der Waals surface area (Å²) in [5.74, 6) is -0.883. The summed E-state index contributed by atoms with van der Waals surface area (Å²) in [6.45, 7) is 1.50. The number of ether oxygens (including phenoxy) is 1. The van der Waals surface area contributed by atoms with Gasteiger partial charge in [0, 0.05) is 22.7 Å². The molecule has 25 heavy (non-hydrogen) atoms. The molecule has 0 spiro atoms. The highest BCUT2D eigenvalue weighted by atomic mass is 35.5. The maximum atomic E-state index is 12.0. The van der Waals surface area contributed by atoms with Gasteiger partial charge < -0.3 is 4.74 Å². The minimum atomic E-state index is -0.899. The van der Waals surface area contributed by atoms with E-state index in [0.29, 0.717) is 10.8 Å². The van der Waals surface area contributed by atoms with Gasteiger partial charge >= 0.3 is 0 Å². The van der Waals surface area contributed by atoms with E-state index in [2.05, 4.69) is 10.9 Å². The number of rotatable bonds is 5. The number of hydrogen-bond acceptors (Lipinski definition) is 5. The molecule has 0 aliphatic rings. The normalized spacial score (nSPS) is 11.3. The molecule has 9 heteroatoms. The molecule has 0 aliphatic carbocycles. The molecule has 8 nitrogen and oxygen atoms in total. The monoisotopic (exact) mass is 363 g/mol. The van der Waals surface area contributed by atoms with Gasteiger partial charge in [0.05, 0.1) is 4.92 Å². The molecule has 0 fully saturated rings. The zero-order valence-corrected chi connectivity index (χ0v) is 13.8. The highest BCUT2D eigenvalue weighted by Crippen LogP contribution is 2.18. The zero-order valence-electron chi connectivity index (χ0n) is 13.1. The quantitative estimate of drug-likeness (QED) is 0.626. The van der Waals surface area contributed by atoms with Crippen LogP contribution >= 0.6 is 11.6 Å². The zero-order chi connectivity index (χ0) is 18.4. The number of nitro groups is 1. The Morgan fingerprint density at radius 2 is 1.88 bits per heavy atom. The first kappa shape index (κ1) is 18.2. The van der Waals surface area contributed by atoms with Gasteiger partial charge in [-0.2, -0.15) is 0 Å². The van der Waals surface area contributed by atoms with Crippen LogP contribution in [0, 0.1) is 10.1 Å². The van der Waals surface area contributed by atoms with Crippen molar-refractivity contribution in [2.24, 2.45) is 0 Å². The third-order valence-electron chi connectivity index (χ3n) is 3.10. The molecule has 1 unspecified atom stereocenters. The number of nitro benzene ring substituents is 1.